The molecule has 0 unspecified atom stereocenters. The molecule has 0 atom stereocenters. The molecule has 152 valence electrons. The Morgan fingerprint density at radius 3 is 2.45 bits per heavy atom. The Morgan fingerprint density at radius 2 is 1.86 bits per heavy atom. The second-order valence-corrected chi connectivity index (χ2v) is 6.64. The van der Waals surface area contributed by atoms with Crippen molar-refractivity contribution in [3.05, 3.63) is 84.0 Å². The number of ether oxygens (including phenoxy) is 1. The zero-order chi connectivity index (χ0) is 21.2. The average molecular weight is 392 g/mol. The fourth-order valence-electron chi connectivity index (χ4n) is 3.00. The van der Waals surface area contributed by atoms with E-state index in [4.69, 9.17) is 4.74 Å². The monoisotopic (exact) mass is 391 g/mol. The van der Waals surface area contributed by atoms with E-state index in [1.807, 2.05) is 32.2 Å². The van der Waals surface area contributed by atoms with Crippen molar-refractivity contribution in [3.8, 4) is 11.5 Å². The summed E-state index contributed by atoms with van der Waals surface area (Å²) in [4.78, 5) is 12.6. The van der Waals surface area contributed by atoms with E-state index < -0.39 is 0 Å². The Labute approximate surface area is 173 Å². The summed E-state index contributed by atoms with van der Waals surface area (Å²) in [7, 11) is 1.83. The second-order valence-electron chi connectivity index (χ2n) is 6.64. The third-order valence-electron chi connectivity index (χ3n) is 4.49. The molecule has 0 aliphatic rings. The molecule has 0 aliphatic carbocycles. The zero-order valence-corrected chi connectivity index (χ0v) is 17.2. The van der Waals surface area contributed by atoms with Crippen LogP contribution in [0.5, 0.6) is 11.5 Å². The van der Waals surface area contributed by atoms with Gasteiger partial charge < -0.3 is 15.2 Å². The van der Waals surface area contributed by atoms with Crippen LogP contribution in [-0.2, 0) is 12.8 Å². The summed E-state index contributed by atoms with van der Waals surface area (Å²) in [6.45, 7) is 10.1. The van der Waals surface area contributed by atoms with Crippen LogP contribution < -0.4 is 10.1 Å². The first-order chi connectivity index (χ1) is 14.0. The molecule has 4 heteroatoms. The molecule has 0 saturated heterocycles. The van der Waals surface area contributed by atoms with E-state index >= 15 is 0 Å². The minimum atomic E-state index is -0.0993. The molecule has 29 heavy (non-hydrogen) atoms. The van der Waals surface area contributed by atoms with Crippen LogP contribution in [0.15, 0.2) is 61.7 Å². The van der Waals surface area contributed by atoms with Crippen molar-refractivity contribution in [3.63, 3.8) is 0 Å². The number of aromatic hydroxyl groups is 1. The third kappa shape index (κ3) is 5.61. The Balaban J connectivity index is 2.46. The van der Waals surface area contributed by atoms with Gasteiger partial charge in [-0.05, 0) is 67.3 Å². The predicted octanol–water partition coefficient (Wildman–Crippen LogP) is 5.58. The van der Waals surface area contributed by atoms with Gasteiger partial charge in [0.2, 0.25) is 0 Å². The number of phenols is 1. The van der Waals surface area contributed by atoms with Crippen molar-refractivity contribution in [2.75, 3.05) is 19.0 Å². The lowest BCUT2D eigenvalue weighted by Gasteiger charge is -2.17. The summed E-state index contributed by atoms with van der Waals surface area (Å²) in [5.41, 5.74) is 3.73. The molecule has 4 nitrogen and oxygen atoms in total. The normalized spacial score (nSPS) is 10.7. The summed E-state index contributed by atoms with van der Waals surface area (Å²) in [6, 6.07) is 9.15. The molecule has 0 amide bonds. The minimum absolute atomic E-state index is 0.0993. The van der Waals surface area contributed by atoms with Gasteiger partial charge in [-0.3, -0.25) is 4.79 Å². The van der Waals surface area contributed by atoms with E-state index in [-0.39, 0.29) is 11.5 Å². The van der Waals surface area contributed by atoms with Gasteiger partial charge in [-0.2, -0.15) is 0 Å². The van der Waals surface area contributed by atoms with Gasteiger partial charge in [-0.15, -0.1) is 13.2 Å². The summed E-state index contributed by atoms with van der Waals surface area (Å²) < 4.78 is 5.95. The standard InChI is InChI=1S/C25H29NO3/c1-5-8-19-17-20(25(29-16-7-3)22(9-6-2)24(19)28)12-15-23(27)18-10-13-21(26-4)14-11-18/h5-6,10-15,17,26,28H,1-2,7-9,16H2,3-4H3/b15-12+. The summed E-state index contributed by atoms with van der Waals surface area (Å²) in [6.07, 6.45) is 8.57. The first-order valence-electron chi connectivity index (χ1n) is 9.78. The summed E-state index contributed by atoms with van der Waals surface area (Å²) in [5, 5.41) is 13.7. The van der Waals surface area contributed by atoms with Gasteiger partial charge in [-0.1, -0.05) is 19.1 Å². The number of nitrogens with one attached hydrogen (secondary N) is 1. The lowest BCUT2D eigenvalue weighted by molar-refractivity contribution is 0.104. The van der Waals surface area contributed by atoms with Gasteiger partial charge >= 0.3 is 0 Å². The van der Waals surface area contributed by atoms with Crippen molar-refractivity contribution < 1.29 is 14.6 Å². The number of anilines is 1. The van der Waals surface area contributed by atoms with Crippen LogP contribution in [0.2, 0.25) is 0 Å². The zero-order valence-electron chi connectivity index (χ0n) is 17.2. The molecule has 2 rings (SSSR count). The third-order valence-corrected chi connectivity index (χ3v) is 4.49. The topological polar surface area (TPSA) is 58.6 Å². The highest BCUT2D eigenvalue weighted by Gasteiger charge is 2.17. The van der Waals surface area contributed by atoms with E-state index in [0.717, 1.165) is 23.2 Å². The summed E-state index contributed by atoms with van der Waals surface area (Å²) >= 11 is 0. The molecule has 0 bridgehead atoms. The van der Waals surface area contributed by atoms with Crippen LogP contribution >= 0.6 is 0 Å². The smallest absolute Gasteiger partial charge is 0.185 e. The average Bonchev–Trinajstić information content (AvgIpc) is 2.74. The highest BCUT2D eigenvalue weighted by molar-refractivity contribution is 6.07. The maximum absolute atomic E-state index is 12.6. The second kappa shape index (κ2) is 10.9. The lowest BCUT2D eigenvalue weighted by Crippen LogP contribution is -2.03. The van der Waals surface area contributed by atoms with Gasteiger partial charge in [0.15, 0.2) is 5.78 Å². The van der Waals surface area contributed by atoms with Crippen LogP contribution in [0.3, 0.4) is 0 Å². The molecule has 0 heterocycles. The molecular formula is C25H29NO3. The molecular weight excluding hydrogens is 362 g/mol. The van der Waals surface area contributed by atoms with Gasteiger partial charge in [0, 0.05) is 29.4 Å². The maximum Gasteiger partial charge on any atom is 0.185 e. The molecule has 0 aromatic heterocycles. The predicted molar refractivity (Wildman–Crippen MR) is 121 cm³/mol. The largest absolute Gasteiger partial charge is 0.507 e. The Hall–Kier alpha value is -3.27. The SMILES string of the molecule is C=CCc1cc(/C=C/C(=O)c2ccc(NC)cc2)c(OCCC)c(CC=C)c1O. The molecule has 0 fully saturated rings. The Bertz CT molecular complexity index is 895. The number of carbonyl (C=O) groups excluding carboxylic acids is 1. The fourth-order valence-corrected chi connectivity index (χ4v) is 3.00. The molecule has 2 N–H and O–H groups in total. The van der Waals surface area contributed by atoms with E-state index in [9.17, 15) is 9.90 Å². The molecule has 2 aromatic rings. The van der Waals surface area contributed by atoms with E-state index in [1.165, 1.54) is 6.08 Å². The van der Waals surface area contributed by atoms with Gasteiger partial charge in [0.1, 0.15) is 11.5 Å². The fraction of sp³-hybridized carbons (Fsp3) is 0.240. The summed E-state index contributed by atoms with van der Waals surface area (Å²) in [5.74, 6) is 0.686. The van der Waals surface area contributed by atoms with Crippen LogP contribution in [0.25, 0.3) is 6.08 Å². The van der Waals surface area contributed by atoms with Crippen molar-refractivity contribution in [2.24, 2.45) is 0 Å². The lowest BCUT2D eigenvalue weighted by atomic mass is 9.97. The van der Waals surface area contributed by atoms with E-state index in [2.05, 4.69) is 18.5 Å². The number of benzene rings is 2. The number of rotatable bonds is 11. The van der Waals surface area contributed by atoms with Crippen LogP contribution in [0.4, 0.5) is 5.69 Å². The number of allylic oxidation sites excluding steroid dienone is 3. The Kier molecular flexibility index (Phi) is 8.28. The number of hydrogen-bond donors (Lipinski definition) is 2. The quantitative estimate of drug-likeness (QED) is 0.298. The van der Waals surface area contributed by atoms with Crippen molar-refractivity contribution in [1.82, 2.24) is 0 Å². The number of phenolic OH excluding ortho intramolecular Hbond substituents is 1. The minimum Gasteiger partial charge on any atom is -0.507 e. The number of ketones is 1. The van der Waals surface area contributed by atoms with Crippen molar-refractivity contribution >= 4 is 17.5 Å². The molecule has 2 aromatic carbocycles. The van der Waals surface area contributed by atoms with E-state index in [0.29, 0.717) is 36.3 Å². The maximum atomic E-state index is 12.6. The molecule has 0 radical (unpaired) electrons. The van der Waals surface area contributed by atoms with Gasteiger partial charge in [-0.25, -0.2) is 0 Å². The van der Waals surface area contributed by atoms with Crippen LogP contribution in [-0.4, -0.2) is 24.5 Å². The van der Waals surface area contributed by atoms with Crippen LogP contribution in [0, 0.1) is 0 Å². The number of hydrogen-bond acceptors (Lipinski definition) is 4. The van der Waals surface area contributed by atoms with Crippen molar-refractivity contribution in [1.29, 1.82) is 0 Å². The van der Waals surface area contributed by atoms with Crippen molar-refractivity contribution in [2.45, 2.75) is 26.2 Å². The Morgan fingerprint density at radius 1 is 1.17 bits per heavy atom. The molecule has 0 spiro atoms. The highest BCUT2D eigenvalue weighted by atomic mass is 16.5. The molecule has 0 aliphatic heterocycles. The number of carbonyl (C=O) groups is 1. The van der Waals surface area contributed by atoms with Gasteiger partial charge in [0.05, 0.1) is 6.61 Å². The first-order valence-corrected chi connectivity index (χ1v) is 9.78. The first kappa shape index (κ1) is 22.0. The van der Waals surface area contributed by atoms with Crippen LogP contribution in [0.1, 0.15) is 40.4 Å². The van der Waals surface area contributed by atoms with E-state index in [1.54, 1.807) is 30.4 Å². The molecule has 0 saturated carbocycles. The highest BCUT2D eigenvalue weighted by Crippen LogP contribution is 2.37. The van der Waals surface area contributed by atoms with Gasteiger partial charge in [0.25, 0.3) is 0 Å².